The van der Waals surface area contributed by atoms with Crippen molar-refractivity contribution in [2.75, 3.05) is 31.2 Å². The lowest BCUT2D eigenvalue weighted by Gasteiger charge is -2.42. The second-order valence-corrected chi connectivity index (χ2v) is 15.0. The molecule has 1 saturated carbocycles. The number of benzene rings is 1. The van der Waals surface area contributed by atoms with Gasteiger partial charge < -0.3 is 24.5 Å². The van der Waals surface area contributed by atoms with Crippen LogP contribution in [0, 0.1) is 17.8 Å². The first-order chi connectivity index (χ1) is 20.7. The minimum atomic E-state index is -0.916. The van der Waals surface area contributed by atoms with E-state index in [1.54, 1.807) is 21.6 Å². The summed E-state index contributed by atoms with van der Waals surface area (Å²) in [7, 11) is 0. The van der Waals surface area contributed by atoms with Crippen molar-refractivity contribution < 1.29 is 24.2 Å². The summed E-state index contributed by atoms with van der Waals surface area (Å²) in [5.41, 5.74) is 0.749. The maximum Gasteiger partial charge on any atom is 0.247 e. The Morgan fingerprint density at radius 1 is 0.953 bits per heavy atom. The highest BCUT2D eigenvalue weighted by Crippen LogP contribution is 2.66. The lowest BCUT2D eigenvalue weighted by atomic mass is 9.74. The monoisotopic (exact) mass is 607 g/mol. The van der Waals surface area contributed by atoms with Gasteiger partial charge in [-0.25, -0.2) is 0 Å². The molecule has 6 atom stereocenters. The van der Waals surface area contributed by atoms with Crippen LogP contribution in [0.4, 0.5) is 5.69 Å². The van der Waals surface area contributed by atoms with E-state index in [1.807, 2.05) is 62.9 Å². The Hall–Kier alpha value is -2.78. The number of anilines is 1. The van der Waals surface area contributed by atoms with Crippen LogP contribution in [0.15, 0.2) is 48.6 Å². The van der Waals surface area contributed by atoms with Gasteiger partial charge in [0.25, 0.3) is 0 Å². The fourth-order valence-corrected chi connectivity index (χ4v) is 10.4. The van der Waals surface area contributed by atoms with Gasteiger partial charge in [-0.2, -0.15) is 0 Å². The standard InChI is InChI=1S/C34H45N3O5S/c1-5-42-25-15-13-24(14-16-25)35-19-9-17-33(4)27(30(35)39)28-31(40)37(26(21-38)22(2)3)29-32(41)36(23-11-7-6-8-12-23)20-10-18-34(28,29)43-33/h9-10,13-18,22-23,26-29,38H,5-8,11-12,19-21H2,1-4H3/t26-,27+,28-,29?,33-,34-/m0/s1. The number of thioether (sulfide) groups is 1. The summed E-state index contributed by atoms with van der Waals surface area (Å²) < 4.78 is 4.02. The molecule has 9 heteroatoms. The van der Waals surface area contributed by atoms with E-state index in [2.05, 4.69) is 18.2 Å². The summed E-state index contributed by atoms with van der Waals surface area (Å²) >= 11 is 1.60. The number of ether oxygens (including phenoxy) is 1. The molecule has 6 rings (SSSR count). The smallest absolute Gasteiger partial charge is 0.247 e. The molecule has 0 bridgehead atoms. The van der Waals surface area contributed by atoms with Crippen LogP contribution in [-0.4, -0.2) is 86.6 Å². The number of rotatable bonds is 7. The number of aliphatic hydroxyl groups excluding tert-OH is 1. The van der Waals surface area contributed by atoms with Crippen LogP contribution in [-0.2, 0) is 14.4 Å². The molecule has 3 amide bonds. The van der Waals surface area contributed by atoms with Crippen LogP contribution in [0.5, 0.6) is 5.75 Å². The number of hydrogen-bond acceptors (Lipinski definition) is 6. The van der Waals surface area contributed by atoms with Gasteiger partial charge in [-0.3, -0.25) is 14.4 Å². The summed E-state index contributed by atoms with van der Waals surface area (Å²) in [4.78, 5) is 49.7. The molecule has 4 aliphatic heterocycles. The largest absolute Gasteiger partial charge is 0.494 e. The number of hydrogen-bond donors (Lipinski definition) is 1. The summed E-state index contributed by atoms with van der Waals surface area (Å²) in [5.74, 6) is -1.08. The van der Waals surface area contributed by atoms with Crippen molar-refractivity contribution in [2.45, 2.75) is 87.4 Å². The lowest BCUT2D eigenvalue weighted by molar-refractivity contribution is -0.148. The van der Waals surface area contributed by atoms with Crippen molar-refractivity contribution in [1.29, 1.82) is 0 Å². The fourth-order valence-electron chi connectivity index (χ4n) is 8.30. The van der Waals surface area contributed by atoms with Gasteiger partial charge in [0.05, 0.1) is 35.8 Å². The van der Waals surface area contributed by atoms with Crippen LogP contribution in [0.2, 0.25) is 0 Å². The number of aliphatic hydroxyl groups is 1. The van der Waals surface area contributed by atoms with Gasteiger partial charge in [0, 0.05) is 29.6 Å². The van der Waals surface area contributed by atoms with Crippen LogP contribution >= 0.6 is 11.8 Å². The van der Waals surface area contributed by atoms with Crippen LogP contribution < -0.4 is 9.64 Å². The third-order valence-corrected chi connectivity index (χ3v) is 12.1. The molecule has 8 nitrogen and oxygen atoms in total. The van der Waals surface area contributed by atoms with Crippen molar-refractivity contribution in [1.82, 2.24) is 9.80 Å². The molecule has 1 unspecified atom stereocenters. The molecule has 1 aliphatic carbocycles. The maximum atomic E-state index is 14.8. The average Bonchev–Trinajstić information content (AvgIpc) is 3.25. The number of amides is 3. The molecular weight excluding hydrogens is 562 g/mol. The van der Waals surface area contributed by atoms with Gasteiger partial charge in [-0.1, -0.05) is 57.4 Å². The number of carbonyl (C=O) groups is 3. The molecule has 0 radical (unpaired) electrons. The van der Waals surface area contributed by atoms with E-state index in [1.165, 1.54) is 6.42 Å². The second-order valence-electron chi connectivity index (χ2n) is 13.2. The van der Waals surface area contributed by atoms with Gasteiger partial charge in [0.1, 0.15) is 11.8 Å². The SMILES string of the molecule is CCOc1ccc(N2CC=C[C@]3(C)S[C@]45C=CCN(C6CCCCC6)C(=O)C4N([C@@H](CO)C(C)C)C(=O)[C@@H]5[C@@H]3C2=O)cc1. The fraction of sp³-hybridized carbons (Fsp3) is 0.618. The quantitative estimate of drug-likeness (QED) is 0.462. The number of carbonyl (C=O) groups excluding carboxylic acids is 3. The van der Waals surface area contributed by atoms with Crippen LogP contribution in [0.25, 0.3) is 0 Å². The molecule has 43 heavy (non-hydrogen) atoms. The molecule has 1 N–H and O–H groups in total. The Bertz CT molecular complexity index is 1310. The maximum absolute atomic E-state index is 14.8. The van der Waals surface area contributed by atoms with Crippen molar-refractivity contribution in [3.8, 4) is 5.75 Å². The predicted octanol–water partition coefficient (Wildman–Crippen LogP) is 4.42. The van der Waals surface area contributed by atoms with Gasteiger partial charge in [0.15, 0.2) is 0 Å². The normalized spacial score (nSPS) is 33.4. The third-order valence-electron chi connectivity index (χ3n) is 10.3. The molecule has 0 aromatic heterocycles. The summed E-state index contributed by atoms with van der Waals surface area (Å²) in [6.07, 6.45) is 13.6. The van der Waals surface area contributed by atoms with E-state index in [0.29, 0.717) is 19.7 Å². The lowest BCUT2D eigenvalue weighted by Crippen LogP contribution is -2.59. The zero-order chi connectivity index (χ0) is 30.5. The minimum absolute atomic E-state index is 0.0424. The van der Waals surface area contributed by atoms with Crippen LogP contribution in [0.3, 0.4) is 0 Å². The molecule has 1 spiro atoms. The number of fused-ring (bicyclic) bond motifs is 2. The zero-order valence-electron chi connectivity index (χ0n) is 25.8. The van der Waals surface area contributed by atoms with Gasteiger partial charge >= 0.3 is 0 Å². The summed E-state index contributed by atoms with van der Waals surface area (Å²) in [6.45, 7) is 9.17. The Kier molecular flexibility index (Phi) is 8.18. The van der Waals surface area contributed by atoms with Crippen molar-refractivity contribution in [3.63, 3.8) is 0 Å². The molecule has 5 aliphatic rings. The van der Waals surface area contributed by atoms with E-state index >= 15 is 0 Å². The highest BCUT2D eigenvalue weighted by Gasteiger charge is 2.74. The molecular formula is C34H45N3O5S. The van der Waals surface area contributed by atoms with Crippen LogP contribution in [0.1, 0.15) is 59.8 Å². The predicted molar refractivity (Wildman–Crippen MR) is 169 cm³/mol. The first-order valence-corrected chi connectivity index (χ1v) is 16.8. The van der Waals surface area contributed by atoms with Gasteiger partial charge in [0.2, 0.25) is 17.7 Å². The van der Waals surface area contributed by atoms with E-state index < -0.39 is 33.4 Å². The number of likely N-dealkylation sites (tertiary alicyclic amines) is 1. The molecule has 1 aromatic carbocycles. The average molecular weight is 608 g/mol. The second kappa shape index (κ2) is 11.6. The van der Waals surface area contributed by atoms with Crippen molar-refractivity contribution >= 4 is 35.2 Å². The van der Waals surface area contributed by atoms with E-state index in [9.17, 15) is 19.5 Å². The van der Waals surface area contributed by atoms with Gasteiger partial charge in [-0.05, 0) is 56.9 Å². The molecule has 1 aromatic rings. The Morgan fingerprint density at radius 3 is 2.30 bits per heavy atom. The first kappa shape index (κ1) is 30.3. The molecule has 2 saturated heterocycles. The Balaban J connectivity index is 1.44. The van der Waals surface area contributed by atoms with E-state index in [-0.39, 0.29) is 36.3 Å². The van der Waals surface area contributed by atoms with Crippen molar-refractivity contribution in [3.05, 3.63) is 48.6 Å². The third kappa shape index (κ3) is 4.82. The van der Waals surface area contributed by atoms with E-state index in [0.717, 1.165) is 37.1 Å². The topological polar surface area (TPSA) is 90.4 Å². The highest BCUT2D eigenvalue weighted by atomic mass is 32.2. The zero-order valence-corrected chi connectivity index (χ0v) is 26.6. The highest BCUT2D eigenvalue weighted by molar-refractivity contribution is 8.02. The van der Waals surface area contributed by atoms with Gasteiger partial charge in [-0.15, -0.1) is 11.8 Å². The summed E-state index contributed by atoms with van der Waals surface area (Å²) in [5, 5.41) is 10.6. The number of nitrogens with zero attached hydrogens (tertiary/aromatic N) is 3. The van der Waals surface area contributed by atoms with Crippen molar-refractivity contribution in [2.24, 2.45) is 17.8 Å². The molecule has 232 valence electrons. The Morgan fingerprint density at radius 2 is 1.65 bits per heavy atom. The molecule has 3 fully saturated rings. The Labute approximate surface area is 259 Å². The molecule has 4 heterocycles. The summed E-state index contributed by atoms with van der Waals surface area (Å²) in [6, 6.07) is 6.36. The van der Waals surface area contributed by atoms with E-state index in [4.69, 9.17) is 4.74 Å². The first-order valence-electron chi connectivity index (χ1n) is 16.0. The minimum Gasteiger partial charge on any atom is -0.494 e.